The van der Waals surface area contributed by atoms with Crippen LogP contribution >= 0.6 is 35.0 Å². The molecule has 1 N–H and O–H groups in total. The smallest absolute Gasteiger partial charge is 0.339 e. The summed E-state index contributed by atoms with van der Waals surface area (Å²) in [5.41, 5.74) is 0.567. The van der Waals surface area contributed by atoms with E-state index in [9.17, 15) is 13.2 Å². The van der Waals surface area contributed by atoms with Crippen molar-refractivity contribution in [3.8, 4) is 5.75 Å². The maximum atomic E-state index is 12.4. The number of hydrogen-bond donors (Lipinski definition) is 1. The zero-order chi connectivity index (χ0) is 21.0. The van der Waals surface area contributed by atoms with Gasteiger partial charge in [-0.15, -0.1) is 5.10 Å². The summed E-state index contributed by atoms with van der Waals surface area (Å²) in [6, 6.07) is 10.2. The van der Waals surface area contributed by atoms with Crippen LogP contribution in [0, 0.1) is 0 Å². The summed E-state index contributed by atoms with van der Waals surface area (Å²) >= 11 is 13.0. The van der Waals surface area contributed by atoms with Gasteiger partial charge >= 0.3 is 10.1 Å². The average Bonchev–Trinajstić information content (AvgIpc) is 3.03. The highest BCUT2D eigenvalue weighted by molar-refractivity contribution is 8.15. The molecule has 1 aliphatic rings. The maximum Gasteiger partial charge on any atom is 0.339 e. The Morgan fingerprint density at radius 3 is 2.69 bits per heavy atom. The van der Waals surface area contributed by atoms with E-state index >= 15 is 0 Å². The lowest BCUT2D eigenvalue weighted by Crippen LogP contribution is -2.24. The number of hydrogen-bond acceptors (Lipinski definition) is 7. The molecule has 1 heterocycles. The van der Waals surface area contributed by atoms with Crippen molar-refractivity contribution < 1.29 is 17.4 Å². The van der Waals surface area contributed by atoms with Gasteiger partial charge in [0.25, 0.3) is 0 Å². The molecule has 0 saturated carbocycles. The summed E-state index contributed by atoms with van der Waals surface area (Å²) in [5, 5.41) is 11.2. The number of nitrogens with zero attached hydrogens (tertiary/aromatic N) is 2. The van der Waals surface area contributed by atoms with E-state index in [-0.39, 0.29) is 31.8 Å². The predicted octanol–water partition coefficient (Wildman–Crippen LogP) is 4.09. The summed E-state index contributed by atoms with van der Waals surface area (Å²) in [7, 11) is -4.08. The van der Waals surface area contributed by atoms with Crippen molar-refractivity contribution in [2.24, 2.45) is 10.2 Å². The first kappa shape index (κ1) is 21.6. The Hall–Kier alpha value is -2.07. The van der Waals surface area contributed by atoms with Gasteiger partial charge in [-0.25, -0.2) is 0 Å². The van der Waals surface area contributed by atoms with E-state index in [1.165, 1.54) is 48.3 Å². The summed E-state index contributed by atoms with van der Waals surface area (Å²) < 4.78 is 30.0. The third-order valence-electron chi connectivity index (χ3n) is 3.75. The van der Waals surface area contributed by atoms with Gasteiger partial charge in [0.2, 0.25) is 5.91 Å². The molecule has 11 heteroatoms. The second-order valence-corrected chi connectivity index (χ2v) is 9.39. The molecule has 29 heavy (non-hydrogen) atoms. The van der Waals surface area contributed by atoms with Crippen molar-refractivity contribution in [2.45, 2.75) is 23.5 Å². The molecule has 0 radical (unpaired) electrons. The fraction of sp³-hybridized carbons (Fsp3) is 0.167. The first-order valence-electron chi connectivity index (χ1n) is 8.36. The third-order valence-corrected chi connectivity index (χ3v) is 6.97. The van der Waals surface area contributed by atoms with E-state index in [2.05, 4.69) is 15.5 Å². The number of amides is 1. The number of rotatable bonds is 6. The lowest BCUT2D eigenvalue weighted by molar-refractivity contribution is -0.118. The van der Waals surface area contributed by atoms with Crippen molar-refractivity contribution in [2.75, 3.05) is 0 Å². The Kier molecular flexibility index (Phi) is 6.84. The van der Waals surface area contributed by atoms with Gasteiger partial charge in [0, 0.05) is 0 Å². The van der Waals surface area contributed by atoms with Crippen molar-refractivity contribution in [1.29, 1.82) is 0 Å². The van der Waals surface area contributed by atoms with Gasteiger partial charge in [-0.3, -0.25) is 4.79 Å². The second kappa shape index (κ2) is 9.17. The number of benzene rings is 2. The lowest BCUT2D eigenvalue weighted by Gasteiger charge is -2.08. The summed E-state index contributed by atoms with van der Waals surface area (Å²) in [4.78, 5) is 11.5. The van der Waals surface area contributed by atoms with E-state index in [1.807, 2.05) is 6.92 Å². The first-order chi connectivity index (χ1) is 13.8. The second-order valence-electron chi connectivity index (χ2n) is 5.84. The van der Waals surface area contributed by atoms with Gasteiger partial charge in [-0.05, 0) is 42.3 Å². The molecule has 0 aromatic heterocycles. The van der Waals surface area contributed by atoms with Gasteiger partial charge in [-0.1, -0.05) is 54.0 Å². The number of amidine groups is 1. The van der Waals surface area contributed by atoms with Crippen LogP contribution in [0.3, 0.4) is 0 Å². The van der Waals surface area contributed by atoms with Crippen LogP contribution in [0.5, 0.6) is 5.75 Å². The van der Waals surface area contributed by atoms with Gasteiger partial charge in [0.05, 0.1) is 21.5 Å². The van der Waals surface area contributed by atoms with Crippen LogP contribution in [-0.4, -0.2) is 31.0 Å². The number of carbonyl (C=O) groups excluding carboxylic acids is 1. The Labute approximate surface area is 182 Å². The van der Waals surface area contributed by atoms with Gasteiger partial charge in [0.1, 0.15) is 10.6 Å². The Bertz CT molecular complexity index is 1100. The minimum atomic E-state index is -4.08. The highest BCUT2D eigenvalue weighted by atomic mass is 35.5. The molecule has 1 atom stereocenters. The van der Waals surface area contributed by atoms with Crippen LogP contribution in [0.1, 0.15) is 18.9 Å². The predicted molar refractivity (Wildman–Crippen MR) is 116 cm³/mol. The molecular formula is C18H15Cl2N3O4S2. The minimum Gasteiger partial charge on any atom is -0.379 e. The average molecular weight is 472 g/mol. The highest BCUT2D eigenvalue weighted by Gasteiger charge is 2.28. The lowest BCUT2D eigenvalue weighted by atomic mass is 10.2. The number of nitrogens with one attached hydrogen (secondary N) is 1. The minimum absolute atomic E-state index is 0.0886. The van der Waals surface area contributed by atoms with Gasteiger partial charge < -0.3 is 9.50 Å². The molecule has 1 aliphatic heterocycles. The normalized spacial score (nSPS) is 18.4. The topological polar surface area (TPSA) is 97.2 Å². The van der Waals surface area contributed by atoms with Crippen molar-refractivity contribution >= 4 is 62.4 Å². The molecule has 2 aromatic rings. The summed E-state index contributed by atoms with van der Waals surface area (Å²) in [5.74, 6) is 0.0108. The molecule has 1 fully saturated rings. The molecule has 152 valence electrons. The molecule has 0 bridgehead atoms. The quantitative estimate of drug-likeness (QED) is 0.388. The van der Waals surface area contributed by atoms with Crippen LogP contribution in [0.15, 0.2) is 57.6 Å². The van der Waals surface area contributed by atoms with Crippen LogP contribution < -0.4 is 9.50 Å². The molecule has 0 spiro atoms. The molecule has 2 aromatic carbocycles. The fourth-order valence-electron chi connectivity index (χ4n) is 2.32. The summed E-state index contributed by atoms with van der Waals surface area (Å²) in [6.07, 6.45) is 2.13. The molecule has 1 amide bonds. The Morgan fingerprint density at radius 2 is 2.00 bits per heavy atom. The molecule has 0 aliphatic carbocycles. The molecule has 3 rings (SSSR count). The van der Waals surface area contributed by atoms with Crippen molar-refractivity contribution in [1.82, 2.24) is 5.32 Å². The largest absolute Gasteiger partial charge is 0.379 e. The molecular weight excluding hydrogens is 457 g/mol. The number of thioether (sulfide) groups is 1. The maximum absolute atomic E-state index is 12.4. The van der Waals surface area contributed by atoms with Crippen molar-refractivity contribution in [3.05, 3.63) is 58.1 Å². The van der Waals surface area contributed by atoms with E-state index < -0.39 is 10.1 Å². The molecule has 1 saturated heterocycles. The van der Waals surface area contributed by atoms with Crippen LogP contribution in [0.25, 0.3) is 0 Å². The monoisotopic (exact) mass is 471 g/mol. The number of halogens is 2. The van der Waals surface area contributed by atoms with Gasteiger partial charge in [-0.2, -0.15) is 13.5 Å². The van der Waals surface area contributed by atoms with Crippen LogP contribution in [-0.2, 0) is 14.9 Å². The van der Waals surface area contributed by atoms with Crippen molar-refractivity contribution in [3.63, 3.8) is 0 Å². The zero-order valence-corrected chi connectivity index (χ0v) is 18.1. The SMILES string of the molecule is CCC1S/C(=N\N=C\c2cccc(OS(=O)(=O)c3ccc(Cl)c(Cl)c3)c2)NC1=O. The van der Waals surface area contributed by atoms with Crippen LogP contribution in [0.2, 0.25) is 10.0 Å². The Morgan fingerprint density at radius 1 is 1.21 bits per heavy atom. The zero-order valence-electron chi connectivity index (χ0n) is 15.0. The van der Waals surface area contributed by atoms with Crippen LogP contribution in [0.4, 0.5) is 0 Å². The number of carbonyl (C=O) groups is 1. The first-order valence-corrected chi connectivity index (χ1v) is 11.4. The summed E-state index contributed by atoms with van der Waals surface area (Å²) in [6.45, 7) is 1.92. The molecule has 7 nitrogen and oxygen atoms in total. The fourth-order valence-corrected chi connectivity index (χ4v) is 4.49. The third kappa shape index (κ3) is 5.51. The van der Waals surface area contributed by atoms with E-state index in [0.29, 0.717) is 17.2 Å². The highest BCUT2D eigenvalue weighted by Crippen LogP contribution is 2.27. The Balaban J connectivity index is 1.72. The molecule has 1 unspecified atom stereocenters. The van der Waals surface area contributed by atoms with E-state index in [4.69, 9.17) is 27.4 Å². The van der Waals surface area contributed by atoms with E-state index in [0.717, 1.165) is 0 Å². The standard InChI is InChI=1S/C18H15Cl2N3O4S2/c1-2-16-17(24)22-18(28-16)23-21-10-11-4-3-5-12(8-11)27-29(25,26)13-6-7-14(19)15(20)9-13/h3-10,16H,2H2,1H3,(H,22,23,24)/b21-10+. The van der Waals surface area contributed by atoms with Gasteiger partial charge in [0.15, 0.2) is 5.17 Å². The van der Waals surface area contributed by atoms with E-state index in [1.54, 1.807) is 12.1 Å².